The van der Waals surface area contributed by atoms with Crippen LogP contribution in [0.3, 0.4) is 0 Å². The Hall–Kier alpha value is -0.120. The number of rotatable bonds is 6. The Bertz CT molecular complexity index is 164. The number of likely N-dealkylation sites (N-methyl/N-ethyl adjacent to an activating group) is 1. The van der Waals surface area contributed by atoms with Crippen LogP contribution in [-0.2, 0) is 0 Å². The topological polar surface area (TPSA) is 27.3 Å². The van der Waals surface area contributed by atoms with Crippen molar-refractivity contribution in [3.63, 3.8) is 0 Å². The highest BCUT2D eigenvalue weighted by Gasteiger charge is 2.18. The lowest BCUT2D eigenvalue weighted by Crippen LogP contribution is -2.50. The van der Waals surface area contributed by atoms with E-state index in [0.717, 1.165) is 19.0 Å². The van der Waals surface area contributed by atoms with Gasteiger partial charge < -0.3 is 15.5 Å². The lowest BCUT2D eigenvalue weighted by atomic mass is 10.0. The second-order valence-electron chi connectivity index (χ2n) is 5.80. The summed E-state index contributed by atoms with van der Waals surface area (Å²) in [6, 6.07) is 1.32. The predicted octanol–water partition coefficient (Wildman–Crippen LogP) is 1.30. The van der Waals surface area contributed by atoms with Gasteiger partial charge in [-0.05, 0) is 45.8 Å². The molecule has 2 atom stereocenters. The lowest BCUT2D eigenvalue weighted by molar-refractivity contribution is 0.266. The van der Waals surface area contributed by atoms with Crippen LogP contribution in [0.4, 0.5) is 0 Å². The maximum absolute atomic E-state index is 3.81. The van der Waals surface area contributed by atoms with Crippen LogP contribution in [0.5, 0.6) is 0 Å². The van der Waals surface area contributed by atoms with Crippen molar-refractivity contribution in [3.8, 4) is 0 Å². The molecular formula is C13H29N3. The first-order valence-electron chi connectivity index (χ1n) is 6.69. The molecule has 2 N–H and O–H groups in total. The van der Waals surface area contributed by atoms with Crippen molar-refractivity contribution in [2.75, 3.05) is 33.7 Å². The van der Waals surface area contributed by atoms with Gasteiger partial charge in [-0.1, -0.05) is 13.8 Å². The van der Waals surface area contributed by atoms with Crippen LogP contribution in [-0.4, -0.2) is 50.7 Å². The summed E-state index contributed by atoms with van der Waals surface area (Å²) in [7, 11) is 4.32. The van der Waals surface area contributed by atoms with Crippen LogP contribution in [0.1, 0.15) is 33.1 Å². The highest BCUT2D eigenvalue weighted by molar-refractivity contribution is 4.81. The van der Waals surface area contributed by atoms with Gasteiger partial charge in [-0.3, -0.25) is 0 Å². The second kappa shape index (κ2) is 7.25. The predicted molar refractivity (Wildman–Crippen MR) is 70.8 cm³/mol. The maximum atomic E-state index is 3.81. The molecule has 0 saturated carbocycles. The van der Waals surface area contributed by atoms with Crippen LogP contribution in [0.2, 0.25) is 0 Å². The molecule has 1 aliphatic rings. The summed E-state index contributed by atoms with van der Waals surface area (Å²) in [5, 5.41) is 7.29. The second-order valence-corrected chi connectivity index (χ2v) is 5.80. The Morgan fingerprint density at radius 3 is 2.62 bits per heavy atom. The first-order valence-corrected chi connectivity index (χ1v) is 6.69. The minimum atomic E-state index is 0.639. The zero-order valence-electron chi connectivity index (χ0n) is 11.4. The molecule has 1 aliphatic heterocycles. The molecular weight excluding hydrogens is 198 g/mol. The molecule has 0 aromatic heterocycles. The summed E-state index contributed by atoms with van der Waals surface area (Å²) < 4.78 is 0. The summed E-state index contributed by atoms with van der Waals surface area (Å²) in [5.74, 6) is 0.772. The van der Waals surface area contributed by atoms with Gasteiger partial charge in [0.2, 0.25) is 0 Å². The molecule has 1 fully saturated rings. The molecule has 96 valence electrons. The van der Waals surface area contributed by atoms with Crippen molar-refractivity contribution in [1.29, 1.82) is 0 Å². The van der Waals surface area contributed by atoms with Crippen molar-refractivity contribution in [2.24, 2.45) is 5.92 Å². The van der Waals surface area contributed by atoms with E-state index in [1.54, 1.807) is 0 Å². The fourth-order valence-corrected chi connectivity index (χ4v) is 2.53. The van der Waals surface area contributed by atoms with E-state index < -0.39 is 0 Å². The van der Waals surface area contributed by atoms with E-state index in [9.17, 15) is 0 Å². The maximum Gasteiger partial charge on any atom is 0.0200 e. The smallest absolute Gasteiger partial charge is 0.0200 e. The molecule has 0 radical (unpaired) electrons. The van der Waals surface area contributed by atoms with Gasteiger partial charge in [0.25, 0.3) is 0 Å². The summed E-state index contributed by atoms with van der Waals surface area (Å²) in [4.78, 5) is 2.29. The van der Waals surface area contributed by atoms with E-state index in [2.05, 4.69) is 43.5 Å². The molecule has 0 aromatic carbocycles. The number of hydrogen-bond donors (Lipinski definition) is 2. The van der Waals surface area contributed by atoms with E-state index in [-0.39, 0.29) is 0 Å². The number of hydrogen-bond acceptors (Lipinski definition) is 3. The normalized spacial score (nSPS) is 24.0. The average molecular weight is 227 g/mol. The van der Waals surface area contributed by atoms with E-state index >= 15 is 0 Å². The van der Waals surface area contributed by atoms with Crippen molar-refractivity contribution >= 4 is 0 Å². The monoisotopic (exact) mass is 227 g/mol. The summed E-state index contributed by atoms with van der Waals surface area (Å²) in [5.41, 5.74) is 0. The summed E-state index contributed by atoms with van der Waals surface area (Å²) >= 11 is 0. The fraction of sp³-hybridized carbons (Fsp3) is 1.00. The molecule has 1 rings (SSSR count). The number of nitrogens with one attached hydrogen (secondary N) is 2. The Morgan fingerprint density at radius 2 is 2.12 bits per heavy atom. The minimum absolute atomic E-state index is 0.639. The van der Waals surface area contributed by atoms with Gasteiger partial charge in [0, 0.05) is 25.2 Å². The largest absolute Gasteiger partial charge is 0.315 e. The van der Waals surface area contributed by atoms with E-state index in [4.69, 9.17) is 0 Å². The van der Waals surface area contributed by atoms with Crippen LogP contribution in [0.25, 0.3) is 0 Å². The van der Waals surface area contributed by atoms with Gasteiger partial charge in [-0.15, -0.1) is 0 Å². The Morgan fingerprint density at radius 1 is 1.38 bits per heavy atom. The molecule has 3 nitrogen and oxygen atoms in total. The minimum Gasteiger partial charge on any atom is -0.315 e. The summed E-state index contributed by atoms with van der Waals surface area (Å²) in [6.07, 6.45) is 3.91. The van der Waals surface area contributed by atoms with Crippen LogP contribution >= 0.6 is 0 Å². The third kappa shape index (κ3) is 5.83. The van der Waals surface area contributed by atoms with Gasteiger partial charge in [-0.2, -0.15) is 0 Å². The summed E-state index contributed by atoms with van der Waals surface area (Å²) in [6.45, 7) is 8.10. The molecule has 0 amide bonds. The quantitative estimate of drug-likeness (QED) is 0.716. The van der Waals surface area contributed by atoms with Crippen LogP contribution in [0, 0.1) is 5.92 Å². The molecule has 3 heteroatoms. The van der Waals surface area contributed by atoms with Gasteiger partial charge >= 0.3 is 0 Å². The van der Waals surface area contributed by atoms with E-state index in [1.807, 2.05) is 0 Å². The molecule has 0 aromatic rings. The average Bonchev–Trinajstić information content (AvgIpc) is 2.16. The van der Waals surface area contributed by atoms with E-state index in [0.29, 0.717) is 12.1 Å². The lowest BCUT2D eigenvalue weighted by Gasteiger charge is -2.31. The van der Waals surface area contributed by atoms with Crippen molar-refractivity contribution in [2.45, 2.75) is 45.2 Å². The highest BCUT2D eigenvalue weighted by atomic mass is 15.1. The molecule has 2 unspecified atom stereocenters. The fourth-order valence-electron chi connectivity index (χ4n) is 2.53. The van der Waals surface area contributed by atoms with E-state index in [1.165, 1.54) is 25.8 Å². The molecule has 0 spiro atoms. The Kier molecular flexibility index (Phi) is 6.32. The van der Waals surface area contributed by atoms with Crippen molar-refractivity contribution in [1.82, 2.24) is 15.5 Å². The van der Waals surface area contributed by atoms with Gasteiger partial charge in [0.1, 0.15) is 0 Å². The molecule has 1 saturated heterocycles. The Labute approximate surface area is 101 Å². The standard InChI is InChI=1S/C13H29N3/c1-11(2)8-13(10-16(3)4)15-12-6-5-7-14-9-12/h11-15H,5-10H2,1-4H3. The first kappa shape index (κ1) is 13.9. The first-order chi connectivity index (χ1) is 7.58. The molecule has 0 bridgehead atoms. The highest BCUT2D eigenvalue weighted by Crippen LogP contribution is 2.09. The zero-order valence-corrected chi connectivity index (χ0v) is 11.4. The Balaban J connectivity index is 2.35. The van der Waals surface area contributed by atoms with Gasteiger partial charge in [0.15, 0.2) is 0 Å². The number of piperidine rings is 1. The zero-order chi connectivity index (χ0) is 12.0. The third-order valence-corrected chi connectivity index (χ3v) is 3.11. The SMILES string of the molecule is CC(C)CC(CN(C)C)NC1CCCNC1. The van der Waals surface area contributed by atoms with Crippen molar-refractivity contribution in [3.05, 3.63) is 0 Å². The van der Waals surface area contributed by atoms with Crippen LogP contribution in [0.15, 0.2) is 0 Å². The molecule has 1 heterocycles. The number of nitrogens with zero attached hydrogens (tertiary/aromatic N) is 1. The molecule has 16 heavy (non-hydrogen) atoms. The van der Waals surface area contributed by atoms with Crippen molar-refractivity contribution < 1.29 is 0 Å². The van der Waals surface area contributed by atoms with Gasteiger partial charge in [0.05, 0.1) is 0 Å². The molecule has 0 aliphatic carbocycles. The van der Waals surface area contributed by atoms with Crippen LogP contribution < -0.4 is 10.6 Å². The van der Waals surface area contributed by atoms with Gasteiger partial charge in [-0.25, -0.2) is 0 Å². The third-order valence-electron chi connectivity index (χ3n) is 3.11.